The van der Waals surface area contributed by atoms with Crippen LogP contribution >= 0.6 is 0 Å². The highest BCUT2D eigenvalue weighted by molar-refractivity contribution is 5.24. The SMILES string of the molecule is CC(C(O)CN(Cc1ccccc1)Cc1ccccc1)C(O)c1ccc(CO)cc1. The maximum Gasteiger partial charge on any atom is 0.0840 e. The summed E-state index contributed by atoms with van der Waals surface area (Å²) in [7, 11) is 0. The second-order valence-corrected chi connectivity index (χ2v) is 7.91. The first-order valence-electron chi connectivity index (χ1n) is 10.4. The Bertz CT molecular complexity index is 826. The minimum atomic E-state index is -0.775. The van der Waals surface area contributed by atoms with Gasteiger partial charge in [-0.3, -0.25) is 4.90 Å². The molecule has 3 rings (SSSR count). The highest BCUT2D eigenvalue weighted by Gasteiger charge is 2.26. The molecule has 3 unspecified atom stereocenters. The molecular weight excluding hydrogens is 374 g/mol. The van der Waals surface area contributed by atoms with E-state index in [1.165, 1.54) is 11.1 Å². The van der Waals surface area contributed by atoms with Crippen molar-refractivity contribution in [1.82, 2.24) is 4.90 Å². The van der Waals surface area contributed by atoms with E-state index in [9.17, 15) is 15.3 Å². The van der Waals surface area contributed by atoms with Crippen LogP contribution < -0.4 is 0 Å². The van der Waals surface area contributed by atoms with Crippen molar-refractivity contribution >= 4 is 0 Å². The molecule has 0 aliphatic carbocycles. The van der Waals surface area contributed by atoms with Crippen LogP contribution in [0.4, 0.5) is 0 Å². The van der Waals surface area contributed by atoms with Crippen LogP contribution in [0.2, 0.25) is 0 Å². The van der Waals surface area contributed by atoms with Crippen LogP contribution in [0.5, 0.6) is 0 Å². The molecule has 0 heterocycles. The Hall–Kier alpha value is -2.50. The number of aliphatic hydroxyl groups is 3. The van der Waals surface area contributed by atoms with Crippen LogP contribution in [0.15, 0.2) is 84.9 Å². The Labute approximate surface area is 179 Å². The van der Waals surface area contributed by atoms with Crippen molar-refractivity contribution in [1.29, 1.82) is 0 Å². The number of benzene rings is 3. The Morgan fingerprint density at radius 2 is 1.20 bits per heavy atom. The van der Waals surface area contributed by atoms with Crippen molar-refractivity contribution in [2.24, 2.45) is 5.92 Å². The first-order valence-corrected chi connectivity index (χ1v) is 10.4. The highest BCUT2D eigenvalue weighted by atomic mass is 16.3. The van der Waals surface area contributed by atoms with Crippen LogP contribution in [-0.2, 0) is 19.7 Å². The van der Waals surface area contributed by atoms with Crippen molar-refractivity contribution in [2.75, 3.05) is 6.54 Å². The van der Waals surface area contributed by atoms with Gasteiger partial charge in [0.05, 0.1) is 18.8 Å². The second-order valence-electron chi connectivity index (χ2n) is 7.91. The van der Waals surface area contributed by atoms with Gasteiger partial charge in [0.15, 0.2) is 0 Å². The standard InChI is InChI=1S/C26H31NO3/c1-20(26(30)24-14-12-23(19-28)13-15-24)25(29)18-27(16-21-8-4-2-5-9-21)17-22-10-6-3-7-11-22/h2-15,20,25-26,28-30H,16-19H2,1H3. The molecular formula is C26H31NO3. The maximum absolute atomic E-state index is 10.9. The molecule has 0 amide bonds. The van der Waals surface area contributed by atoms with Gasteiger partial charge in [-0.05, 0) is 22.3 Å². The van der Waals surface area contributed by atoms with Gasteiger partial charge in [-0.1, -0.05) is 91.9 Å². The van der Waals surface area contributed by atoms with Crippen LogP contribution in [-0.4, -0.2) is 32.9 Å². The van der Waals surface area contributed by atoms with Crippen LogP contribution in [0.3, 0.4) is 0 Å². The average molecular weight is 406 g/mol. The normalized spacial score (nSPS) is 14.4. The zero-order valence-corrected chi connectivity index (χ0v) is 17.4. The third-order valence-corrected chi connectivity index (χ3v) is 5.55. The molecule has 0 spiro atoms. The lowest BCUT2D eigenvalue weighted by molar-refractivity contribution is -0.00116. The molecule has 0 aromatic heterocycles. The second kappa shape index (κ2) is 11.0. The minimum absolute atomic E-state index is 0.0253. The molecule has 0 saturated heterocycles. The van der Waals surface area contributed by atoms with E-state index in [0.717, 1.165) is 24.2 Å². The molecule has 0 saturated carbocycles. The molecule has 0 fully saturated rings. The Morgan fingerprint density at radius 1 is 0.700 bits per heavy atom. The predicted octanol–water partition coefficient (Wildman–Crippen LogP) is 3.91. The fraction of sp³-hybridized carbons (Fsp3) is 0.308. The fourth-order valence-electron chi connectivity index (χ4n) is 3.63. The third-order valence-electron chi connectivity index (χ3n) is 5.55. The molecule has 4 nitrogen and oxygen atoms in total. The first-order chi connectivity index (χ1) is 14.6. The first kappa shape index (κ1) is 22.2. The van der Waals surface area contributed by atoms with E-state index in [-0.39, 0.29) is 12.5 Å². The van der Waals surface area contributed by atoms with Gasteiger partial charge in [0.1, 0.15) is 0 Å². The van der Waals surface area contributed by atoms with Crippen molar-refractivity contribution < 1.29 is 15.3 Å². The molecule has 4 heteroatoms. The number of hydrogen-bond donors (Lipinski definition) is 3. The summed E-state index contributed by atoms with van der Waals surface area (Å²) in [5.74, 6) is -0.334. The molecule has 158 valence electrons. The van der Waals surface area contributed by atoms with E-state index in [1.54, 1.807) is 12.1 Å². The zero-order valence-electron chi connectivity index (χ0n) is 17.4. The molecule has 0 aliphatic heterocycles. The highest BCUT2D eigenvalue weighted by Crippen LogP contribution is 2.26. The van der Waals surface area contributed by atoms with Gasteiger partial charge in [-0.25, -0.2) is 0 Å². The summed E-state index contributed by atoms with van der Waals surface area (Å²) in [6.45, 7) is 3.75. The summed E-state index contributed by atoms with van der Waals surface area (Å²) in [5, 5.41) is 30.9. The van der Waals surface area contributed by atoms with E-state index < -0.39 is 12.2 Å². The predicted molar refractivity (Wildman–Crippen MR) is 119 cm³/mol. The summed E-state index contributed by atoms with van der Waals surface area (Å²) >= 11 is 0. The van der Waals surface area contributed by atoms with Crippen molar-refractivity contribution in [3.63, 3.8) is 0 Å². The van der Waals surface area contributed by atoms with Crippen LogP contribution in [0.25, 0.3) is 0 Å². The van der Waals surface area contributed by atoms with E-state index in [0.29, 0.717) is 6.54 Å². The molecule has 0 radical (unpaired) electrons. The third kappa shape index (κ3) is 6.25. The van der Waals surface area contributed by atoms with E-state index in [1.807, 2.05) is 55.5 Å². The minimum Gasteiger partial charge on any atom is -0.392 e. The van der Waals surface area contributed by atoms with E-state index in [4.69, 9.17) is 0 Å². The molecule has 3 atom stereocenters. The summed E-state index contributed by atoms with van der Waals surface area (Å²) < 4.78 is 0. The largest absolute Gasteiger partial charge is 0.392 e. The lowest BCUT2D eigenvalue weighted by Gasteiger charge is -2.30. The van der Waals surface area contributed by atoms with Crippen molar-refractivity contribution in [3.05, 3.63) is 107 Å². The monoisotopic (exact) mass is 405 g/mol. The number of rotatable bonds is 10. The van der Waals surface area contributed by atoms with E-state index in [2.05, 4.69) is 29.2 Å². The van der Waals surface area contributed by atoms with Gasteiger partial charge >= 0.3 is 0 Å². The Kier molecular flexibility index (Phi) is 8.17. The van der Waals surface area contributed by atoms with Gasteiger partial charge in [0.2, 0.25) is 0 Å². The lowest BCUT2D eigenvalue weighted by atomic mass is 9.91. The van der Waals surface area contributed by atoms with Crippen molar-refractivity contribution in [3.8, 4) is 0 Å². The summed E-state index contributed by atoms with van der Waals surface area (Å²) in [6, 6.07) is 27.7. The molecule has 3 aromatic carbocycles. The number of aliphatic hydroxyl groups excluding tert-OH is 3. The van der Waals surface area contributed by atoms with Crippen LogP contribution in [0, 0.1) is 5.92 Å². The van der Waals surface area contributed by atoms with Gasteiger partial charge < -0.3 is 15.3 Å². The lowest BCUT2D eigenvalue weighted by Crippen LogP contribution is -2.37. The number of nitrogens with zero attached hydrogens (tertiary/aromatic N) is 1. The molecule has 0 aliphatic rings. The summed E-state index contributed by atoms with van der Waals surface area (Å²) in [4.78, 5) is 2.22. The summed E-state index contributed by atoms with van der Waals surface area (Å²) in [5.41, 5.74) is 3.93. The smallest absolute Gasteiger partial charge is 0.0840 e. The topological polar surface area (TPSA) is 63.9 Å². The van der Waals surface area contributed by atoms with Gasteiger partial charge in [-0.15, -0.1) is 0 Å². The zero-order chi connectivity index (χ0) is 21.3. The Morgan fingerprint density at radius 3 is 1.67 bits per heavy atom. The quantitative estimate of drug-likeness (QED) is 0.479. The maximum atomic E-state index is 10.9. The molecule has 3 N–H and O–H groups in total. The van der Waals surface area contributed by atoms with Gasteiger partial charge in [0.25, 0.3) is 0 Å². The van der Waals surface area contributed by atoms with Gasteiger partial charge in [-0.2, -0.15) is 0 Å². The molecule has 0 bridgehead atoms. The summed E-state index contributed by atoms with van der Waals surface area (Å²) in [6.07, 6.45) is -1.46. The average Bonchev–Trinajstić information content (AvgIpc) is 2.79. The molecule has 3 aromatic rings. The molecule has 30 heavy (non-hydrogen) atoms. The fourth-order valence-corrected chi connectivity index (χ4v) is 3.63. The Balaban J connectivity index is 1.69. The van der Waals surface area contributed by atoms with E-state index >= 15 is 0 Å². The van der Waals surface area contributed by atoms with Gasteiger partial charge in [0, 0.05) is 25.6 Å². The van der Waals surface area contributed by atoms with Crippen molar-refractivity contribution in [2.45, 2.75) is 38.8 Å². The number of hydrogen-bond acceptors (Lipinski definition) is 4. The van der Waals surface area contributed by atoms with Crippen LogP contribution in [0.1, 0.15) is 35.3 Å².